The van der Waals surface area contributed by atoms with Gasteiger partial charge in [-0.15, -0.1) is 0 Å². The average molecular weight is 506 g/mol. The maximum absolute atomic E-state index is 14.3. The lowest BCUT2D eigenvalue weighted by molar-refractivity contribution is 0.0748. The molecule has 0 saturated carbocycles. The minimum Gasteiger partial charge on any atom is -0.449 e. The highest BCUT2D eigenvalue weighted by Gasteiger charge is 2.33. The maximum Gasteiger partial charge on any atom is 0.409 e. The molecular weight excluding hydrogens is 477 g/mol. The third-order valence-electron chi connectivity index (χ3n) is 6.17. The number of fused-ring (bicyclic) bond motifs is 1. The van der Waals surface area contributed by atoms with E-state index in [-0.39, 0.29) is 42.0 Å². The van der Waals surface area contributed by atoms with Gasteiger partial charge in [-0.2, -0.15) is 5.10 Å². The SMILES string of the molecule is CCCCOC(=O)N1CC(Nc2c(N)nc(-c3nn(Cc4ccccc4F)c4ncccc34)nc2N)C1. The normalized spacial score (nSPS) is 13.5. The molecule has 192 valence electrons. The second kappa shape index (κ2) is 10.2. The highest BCUT2D eigenvalue weighted by Crippen LogP contribution is 2.31. The molecule has 4 heterocycles. The molecule has 1 aliphatic rings. The van der Waals surface area contributed by atoms with Crippen LogP contribution in [0.1, 0.15) is 25.3 Å². The second-order valence-corrected chi connectivity index (χ2v) is 8.88. The van der Waals surface area contributed by atoms with E-state index in [0.29, 0.717) is 47.7 Å². The third-order valence-corrected chi connectivity index (χ3v) is 6.17. The lowest BCUT2D eigenvalue weighted by Gasteiger charge is -2.39. The second-order valence-electron chi connectivity index (χ2n) is 8.88. The summed E-state index contributed by atoms with van der Waals surface area (Å²) in [5, 5.41) is 8.54. The van der Waals surface area contributed by atoms with E-state index in [2.05, 4.69) is 25.4 Å². The van der Waals surface area contributed by atoms with Crippen molar-refractivity contribution in [2.45, 2.75) is 32.4 Å². The fourth-order valence-electron chi connectivity index (χ4n) is 4.14. The minimum absolute atomic E-state index is 0.0530. The molecular formula is C25H28FN9O2. The maximum atomic E-state index is 14.3. The van der Waals surface area contributed by atoms with Gasteiger partial charge in [0.05, 0.1) is 24.6 Å². The molecule has 1 aliphatic heterocycles. The number of nitrogens with two attached hydrogens (primary N) is 2. The van der Waals surface area contributed by atoms with E-state index in [0.717, 1.165) is 12.8 Å². The summed E-state index contributed by atoms with van der Waals surface area (Å²) < 4.78 is 21.1. The Kier molecular flexibility index (Phi) is 6.71. The van der Waals surface area contributed by atoms with Gasteiger partial charge in [-0.25, -0.2) is 28.8 Å². The summed E-state index contributed by atoms with van der Waals surface area (Å²) in [7, 11) is 0. The van der Waals surface area contributed by atoms with Crippen LogP contribution in [0, 0.1) is 5.82 Å². The number of halogens is 1. The first-order valence-corrected chi connectivity index (χ1v) is 12.1. The summed E-state index contributed by atoms with van der Waals surface area (Å²) in [4.78, 5) is 27.0. The smallest absolute Gasteiger partial charge is 0.409 e. The standard InChI is InChI=1S/C25H28FN9O2/c1-2-3-11-37-25(36)34-13-16(14-34)30-20-21(27)31-23(32-22(20)28)19-17-8-6-10-29-24(17)35(33-19)12-15-7-4-5-9-18(15)26/h4-10,16,30H,2-3,11-14H2,1H3,(H4,27,28,31,32). The molecule has 0 spiro atoms. The molecule has 0 radical (unpaired) electrons. The van der Waals surface area contributed by atoms with Crippen molar-refractivity contribution in [3.05, 3.63) is 54.0 Å². The number of hydrogen-bond donors (Lipinski definition) is 3. The highest BCUT2D eigenvalue weighted by atomic mass is 19.1. The molecule has 11 nitrogen and oxygen atoms in total. The van der Waals surface area contributed by atoms with E-state index in [1.54, 1.807) is 40.0 Å². The van der Waals surface area contributed by atoms with Gasteiger partial charge >= 0.3 is 6.09 Å². The van der Waals surface area contributed by atoms with E-state index in [9.17, 15) is 9.18 Å². The van der Waals surface area contributed by atoms with E-state index in [4.69, 9.17) is 16.2 Å². The number of anilines is 3. The predicted octanol–water partition coefficient (Wildman–Crippen LogP) is 3.27. The number of nitrogen functional groups attached to an aromatic ring is 2. The lowest BCUT2D eigenvalue weighted by Crippen LogP contribution is -2.57. The van der Waals surface area contributed by atoms with Crippen LogP contribution in [-0.4, -0.2) is 61.5 Å². The number of pyridine rings is 1. The van der Waals surface area contributed by atoms with Crippen molar-refractivity contribution in [3.63, 3.8) is 0 Å². The van der Waals surface area contributed by atoms with Crippen LogP contribution in [0.15, 0.2) is 42.6 Å². The van der Waals surface area contributed by atoms with Gasteiger partial charge in [0.2, 0.25) is 0 Å². The number of carbonyl (C=O) groups excluding carboxylic acids is 1. The van der Waals surface area contributed by atoms with Gasteiger partial charge in [0, 0.05) is 24.8 Å². The molecule has 0 unspecified atom stereocenters. The summed E-state index contributed by atoms with van der Waals surface area (Å²) in [6.45, 7) is 3.56. The van der Waals surface area contributed by atoms with Crippen LogP contribution < -0.4 is 16.8 Å². The number of likely N-dealkylation sites (tertiary alicyclic amines) is 1. The first-order valence-electron chi connectivity index (χ1n) is 12.1. The topological polar surface area (TPSA) is 150 Å². The Hall–Kier alpha value is -4.48. The summed E-state index contributed by atoms with van der Waals surface area (Å²) in [5.41, 5.74) is 14.4. The Morgan fingerprint density at radius 3 is 2.65 bits per heavy atom. The number of nitrogens with one attached hydrogen (secondary N) is 1. The van der Waals surface area contributed by atoms with Crippen molar-refractivity contribution in [1.29, 1.82) is 0 Å². The average Bonchev–Trinajstić information content (AvgIpc) is 3.22. The number of nitrogens with zero attached hydrogens (tertiary/aromatic N) is 6. The van der Waals surface area contributed by atoms with Gasteiger partial charge in [0.1, 0.15) is 17.2 Å². The van der Waals surface area contributed by atoms with E-state index >= 15 is 0 Å². The molecule has 3 aromatic heterocycles. The van der Waals surface area contributed by atoms with Crippen LogP contribution in [0.4, 0.5) is 26.5 Å². The Labute approximate surface area is 212 Å². The fourth-order valence-corrected chi connectivity index (χ4v) is 4.14. The van der Waals surface area contributed by atoms with Crippen LogP contribution in [0.25, 0.3) is 22.6 Å². The molecule has 5 N–H and O–H groups in total. The van der Waals surface area contributed by atoms with Gasteiger partial charge < -0.3 is 26.4 Å². The van der Waals surface area contributed by atoms with Crippen LogP contribution in [0.3, 0.4) is 0 Å². The number of benzene rings is 1. The Morgan fingerprint density at radius 1 is 1.16 bits per heavy atom. The molecule has 0 bridgehead atoms. The monoisotopic (exact) mass is 505 g/mol. The molecule has 1 aromatic carbocycles. The Morgan fingerprint density at radius 2 is 1.92 bits per heavy atom. The molecule has 0 atom stereocenters. The van der Waals surface area contributed by atoms with Crippen LogP contribution in [-0.2, 0) is 11.3 Å². The number of rotatable bonds is 8. The summed E-state index contributed by atoms with van der Waals surface area (Å²) in [6.07, 6.45) is 3.11. The van der Waals surface area contributed by atoms with Crippen molar-refractivity contribution >= 4 is 34.4 Å². The van der Waals surface area contributed by atoms with Crippen molar-refractivity contribution < 1.29 is 13.9 Å². The Bertz CT molecular complexity index is 1410. The molecule has 4 aromatic rings. The van der Waals surface area contributed by atoms with Gasteiger partial charge in [0.25, 0.3) is 0 Å². The van der Waals surface area contributed by atoms with Crippen molar-refractivity contribution in [2.24, 2.45) is 0 Å². The quantitative estimate of drug-likeness (QED) is 0.307. The molecule has 1 amide bonds. The Balaban J connectivity index is 1.35. The van der Waals surface area contributed by atoms with E-state index in [1.807, 2.05) is 13.0 Å². The number of carbonyl (C=O) groups is 1. The molecule has 1 saturated heterocycles. The van der Waals surface area contributed by atoms with Crippen LogP contribution >= 0.6 is 0 Å². The van der Waals surface area contributed by atoms with E-state index in [1.165, 1.54) is 6.07 Å². The molecule has 0 aliphatic carbocycles. The zero-order valence-electron chi connectivity index (χ0n) is 20.4. The number of unbranched alkanes of at least 4 members (excludes halogenated alkanes) is 1. The first kappa shape index (κ1) is 24.2. The van der Waals surface area contributed by atoms with Crippen molar-refractivity contribution in [2.75, 3.05) is 36.5 Å². The highest BCUT2D eigenvalue weighted by molar-refractivity contribution is 5.90. The number of aromatic nitrogens is 5. The number of amides is 1. The zero-order chi connectivity index (χ0) is 25.9. The largest absolute Gasteiger partial charge is 0.449 e. The van der Waals surface area contributed by atoms with Crippen LogP contribution in [0.5, 0.6) is 0 Å². The predicted molar refractivity (Wildman–Crippen MR) is 138 cm³/mol. The molecule has 12 heteroatoms. The van der Waals surface area contributed by atoms with Crippen molar-refractivity contribution in [1.82, 2.24) is 29.6 Å². The van der Waals surface area contributed by atoms with Crippen molar-refractivity contribution in [3.8, 4) is 11.5 Å². The molecule has 37 heavy (non-hydrogen) atoms. The molecule has 5 rings (SSSR count). The summed E-state index contributed by atoms with van der Waals surface area (Å²) in [5.74, 6) is 0.229. The lowest BCUT2D eigenvalue weighted by atomic mass is 10.1. The van der Waals surface area contributed by atoms with Crippen LogP contribution in [0.2, 0.25) is 0 Å². The van der Waals surface area contributed by atoms with Gasteiger partial charge in [-0.1, -0.05) is 31.5 Å². The van der Waals surface area contributed by atoms with Gasteiger partial charge in [0.15, 0.2) is 23.1 Å². The summed E-state index contributed by atoms with van der Waals surface area (Å²) >= 11 is 0. The zero-order valence-corrected chi connectivity index (χ0v) is 20.4. The first-order chi connectivity index (χ1) is 17.9. The van der Waals surface area contributed by atoms with Gasteiger partial charge in [-0.05, 0) is 24.6 Å². The number of ether oxygens (including phenoxy) is 1. The minimum atomic E-state index is -0.328. The fraction of sp³-hybridized carbons (Fsp3) is 0.320. The molecule has 1 fully saturated rings. The number of hydrogen-bond acceptors (Lipinski definition) is 9. The summed E-state index contributed by atoms with van der Waals surface area (Å²) in [6, 6.07) is 10.1. The third kappa shape index (κ3) is 4.95. The van der Waals surface area contributed by atoms with Gasteiger partial charge in [-0.3, -0.25) is 0 Å². The van der Waals surface area contributed by atoms with E-state index < -0.39 is 0 Å².